The van der Waals surface area contributed by atoms with Crippen molar-refractivity contribution in [2.45, 2.75) is 19.9 Å². The summed E-state index contributed by atoms with van der Waals surface area (Å²) in [5, 5.41) is 3.08. The molecule has 3 nitrogen and oxygen atoms in total. The van der Waals surface area contributed by atoms with Crippen LogP contribution in [0.15, 0.2) is 51.4 Å². The van der Waals surface area contributed by atoms with Gasteiger partial charge in [-0.2, -0.15) is 0 Å². The molecule has 0 spiro atoms. The van der Waals surface area contributed by atoms with Gasteiger partial charge in [0, 0.05) is 11.4 Å². The van der Waals surface area contributed by atoms with Crippen LogP contribution < -0.4 is 4.80 Å². The molecule has 2 heterocycles. The second-order valence-corrected chi connectivity index (χ2v) is 6.71. The summed E-state index contributed by atoms with van der Waals surface area (Å²) in [4.78, 5) is 5.58. The number of rotatable bonds is 3. The third-order valence-corrected chi connectivity index (χ3v) is 4.74. The number of hydrogen-bond donors (Lipinski definition) is 0. The molecule has 0 aliphatic heterocycles. The summed E-state index contributed by atoms with van der Waals surface area (Å²) < 4.78 is 7.66. The van der Waals surface area contributed by atoms with E-state index in [1.807, 2.05) is 18.2 Å². The summed E-state index contributed by atoms with van der Waals surface area (Å²) in [5.74, 6) is 0.834. The van der Waals surface area contributed by atoms with Crippen LogP contribution in [0.4, 0.5) is 5.69 Å². The number of hydrogen-bond acceptors (Lipinski definition) is 3. The molecule has 0 amide bonds. The molecule has 0 saturated heterocycles. The maximum atomic E-state index is 6.06. The normalized spacial score (nSPS) is 12.3. The Bertz CT molecular complexity index is 847. The van der Waals surface area contributed by atoms with Crippen LogP contribution in [0.1, 0.15) is 19.9 Å². The second kappa shape index (κ2) is 6.32. The predicted octanol–water partition coefficient (Wildman–Crippen LogP) is 5.93. The smallest absolute Gasteiger partial charge is 0.190 e. The maximum absolute atomic E-state index is 6.06. The molecule has 0 radical (unpaired) electrons. The lowest BCUT2D eigenvalue weighted by Gasteiger charge is -2.11. The molecule has 114 valence electrons. The van der Waals surface area contributed by atoms with Gasteiger partial charge in [0.1, 0.15) is 0 Å². The van der Waals surface area contributed by atoms with E-state index in [0.29, 0.717) is 10.0 Å². The van der Waals surface area contributed by atoms with Crippen molar-refractivity contribution in [3.8, 4) is 11.5 Å². The largest absolute Gasteiger partial charge is 0.463 e. The van der Waals surface area contributed by atoms with E-state index in [1.165, 1.54) is 0 Å². The number of furan rings is 1. The standard InChI is InChI=1S/C16H14Cl2N2OS/c1-10(2)20-14(15-4-3-7-21-15)9-22-16(20)19-11-5-6-12(17)13(18)8-11/h3-10H,1-2H3. The Hall–Kier alpha value is -1.49. The molecule has 3 rings (SSSR count). The summed E-state index contributed by atoms with van der Waals surface area (Å²) in [6.45, 7) is 4.24. The Morgan fingerprint density at radius 3 is 2.64 bits per heavy atom. The van der Waals surface area contributed by atoms with E-state index in [-0.39, 0.29) is 6.04 Å². The lowest BCUT2D eigenvalue weighted by atomic mass is 10.3. The number of thiazole rings is 1. The van der Waals surface area contributed by atoms with E-state index in [0.717, 1.165) is 21.9 Å². The Morgan fingerprint density at radius 1 is 1.18 bits per heavy atom. The average Bonchev–Trinajstić information content (AvgIpc) is 3.11. The number of aromatic nitrogens is 1. The van der Waals surface area contributed by atoms with E-state index in [4.69, 9.17) is 32.6 Å². The molecule has 0 N–H and O–H groups in total. The van der Waals surface area contributed by atoms with Gasteiger partial charge >= 0.3 is 0 Å². The van der Waals surface area contributed by atoms with E-state index < -0.39 is 0 Å². The van der Waals surface area contributed by atoms with Crippen molar-refractivity contribution >= 4 is 40.2 Å². The summed E-state index contributed by atoms with van der Waals surface area (Å²) >= 11 is 13.6. The van der Waals surface area contributed by atoms with Gasteiger partial charge in [-0.15, -0.1) is 11.3 Å². The highest BCUT2D eigenvalue weighted by Crippen LogP contribution is 2.27. The first-order valence-corrected chi connectivity index (χ1v) is 8.43. The zero-order valence-corrected chi connectivity index (χ0v) is 14.4. The van der Waals surface area contributed by atoms with Crippen LogP contribution >= 0.6 is 34.5 Å². The first-order chi connectivity index (χ1) is 10.6. The van der Waals surface area contributed by atoms with Crippen molar-refractivity contribution in [1.82, 2.24) is 4.57 Å². The van der Waals surface area contributed by atoms with Crippen LogP contribution in [0.25, 0.3) is 11.5 Å². The summed E-state index contributed by atoms with van der Waals surface area (Å²) in [6.07, 6.45) is 1.67. The van der Waals surface area contributed by atoms with Gasteiger partial charge in [0.2, 0.25) is 0 Å². The van der Waals surface area contributed by atoms with Crippen LogP contribution in [0.2, 0.25) is 10.0 Å². The lowest BCUT2D eigenvalue weighted by Crippen LogP contribution is -2.17. The van der Waals surface area contributed by atoms with E-state index >= 15 is 0 Å². The Morgan fingerprint density at radius 2 is 2.00 bits per heavy atom. The number of benzene rings is 1. The van der Waals surface area contributed by atoms with Crippen molar-refractivity contribution in [1.29, 1.82) is 0 Å². The minimum atomic E-state index is 0.257. The van der Waals surface area contributed by atoms with Crippen LogP contribution in [0.5, 0.6) is 0 Å². The molecule has 0 saturated carbocycles. The van der Waals surface area contributed by atoms with Gasteiger partial charge in [0.05, 0.1) is 27.7 Å². The van der Waals surface area contributed by atoms with Gasteiger partial charge in [-0.1, -0.05) is 23.2 Å². The molecule has 0 aliphatic carbocycles. The first-order valence-electron chi connectivity index (χ1n) is 6.80. The molecule has 0 unspecified atom stereocenters. The fraction of sp³-hybridized carbons (Fsp3) is 0.188. The van der Waals surface area contributed by atoms with Gasteiger partial charge in [-0.3, -0.25) is 0 Å². The van der Waals surface area contributed by atoms with Gasteiger partial charge in [0.15, 0.2) is 10.6 Å². The van der Waals surface area contributed by atoms with E-state index in [1.54, 1.807) is 29.7 Å². The molecule has 1 aromatic carbocycles. The molecule has 22 heavy (non-hydrogen) atoms. The van der Waals surface area contributed by atoms with Gasteiger partial charge < -0.3 is 8.98 Å². The Kier molecular flexibility index (Phi) is 4.43. The summed E-state index contributed by atoms with van der Waals surface area (Å²) in [7, 11) is 0. The monoisotopic (exact) mass is 352 g/mol. The highest BCUT2D eigenvalue weighted by atomic mass is 35.5. The zero-order chi connectivity index (χ0) is 15.7. The van der Waals surface area contributed by atoms with Gasteiger partial charge in [0.25, 0.3) is 0 Å². The molecule has 0 bridgehead atoms. The second-order valence-electron chi connectivity index (χ2n) is 5.05. The molecular weight excluding hydrogens is 339 g/mol. The number of nitrogens with zero attached hydrogens (tertiary/aromatic N) is 2. The molecule has 0 atom stereocenters. The van der Waals surface area contributed by atoms with Crippen LogP contribution in [0.3, 0.4) is 0 Å². The van der Waals surface area contributed by atoms with Crippen molar-refractivity contribution in [2.24, 2.45) is 4.99 Å². The predicted molar refractivity (Wildman–Crippen MR) is 92.1 cm³/mol. The van der Waals surface area contributed by atoms with Crippen molar-refractivity contribution < 1.29 is 4.42 Å². The highest BCUT2D eigenvalue weighted by Gasteiger charge is 2.13. The van der Waals surface area contributed by atoms with Crippen LogP contribution in [-0.4, -0.2) is 4.57 Å². The van der Waals surface area contributed by atoms with Gasteiger partial charge in [-0.25, -0.2) is 4.99 Å². The highest BCUT2D eigenvalue weighted by molar-refractivity contribution is 7.07. The third-order valence-electron chi connectivity index (χ3n) is 3.16. The van der Waals surface area contributed by atoms with E-state index in [2.05, 4.69) is 23.8 Å². The SMILES string of the molecule is CC(C)n1c(-c2ccco2)csc1=Nc1ccc(Cl)c(Cl)c1. The summed E-state index contributed by atoms with van der Waals surface area (Å²) in [5.41, 5.74) is 1.79. The molecule has 0 aliphatic rings. The maximum Gasteiger partial charge on any atom is 0.190 e. The fourth-order valence-electron chi connectivity index (χ4n) is 2.17. The minimum Gasteiger partial charge on any atom is -0.463 e. The van der Waals surface area contributed by atoms with Gasteiger partial charge in [-0.05, 0) is 44.2 Å². The van der Waals surface area contributed by atoms with Crippen molar-refractivity contribution in [3.63, 3.8) is 0 Å². The molecule has 0 fully saturated rings. The van der Waals surface area contributed by atoms with E-state index in [9.17, 15) is 0 Å². The molecule has 3 aromatic rings. The van der Waals surface area contributed by atoms with Crippen LogP contribution in [0, 0.1) is 0 Å². The quantitative estimate of drug-likeness (QED) is 0.574. The molecular formula is C16H14Cl2N2OS. The molecule has 6 heteroatoms. The molecule has 2 aromatic heterocycles. The lowest BCUT2D eigenvalue weighted by molar-refractivity contribution is 0.548. The minimum absolute atomic E-state index is 0.257. The Balaban J connectivity index is 2.14. The fourth-order valence-corrected chi connectivity index (χ4v) is 3.49. The Labute approximate surface area is 142 Å². The first kappa shape index (κ1) is 15.4. The van der Waals surface area contributed by atoms with Crippen molar-refractivity contribution in [3.05, 3.63) is 56.8 Å². The van der Waals surface area contributed by atoms with Crippen molar-refractivity contribution in [2.75, 3.05) is 0 Å². The van der Waals surface area contributed by atoms with Crippen LogP contribution in [-0.2, 0) is 0 Å². The number of halogens is 2. The topological polar surface area (TPSA) is 30.4 Å². The third kappa shape index (κ3) is 3.00. The summed E-state index contributed by atoms with van der Waals surface area (Å²) in [6, 6.07) is 9.46. The zero-order valence-electron chi connectivity index (χ0n) is 12.1. The average molecular weight is 353 g/mol.